The molecular formula is C28H25Cl2NO7. The van der Waals surface area contributed by atoms with Gasteiger partial charge < -0.3 is 29.3 Å². The van der Waals surface area contributed by atoms with Crippen molar-refractivity contribution in [2.75, 3.05) is 20.8 Å². The molecule has 4 rings (SSSR count). The van der Waals surface area contributed by atoms with Crippen LogP contribution in [0.2, 0.25) is 10.0 Å². The van der Waals surface area contributed by atoms with E-state index < -0.39 is 23.5 Å². The zero-order chi connectivity index (χ0) is 27.6. The van der Waals surface area contributed by atoms with Crippen molar-refractivity contribution < 1.29 is 34.0 Å². The van der Waals surface area contributed by atoms with Gasteiger partial charge in [0.25, 0.3) is 11.7 Å². The summed E-state index contributed by atoms with van der Waals surface area (Å²) in [6, 6.07) is 13.3. The number of aromatic hydroxyl groups is 1. The van der Waals surface area contributed by atoms with Crippen LogP contribution in [-0.2, 0) is 16.1 Å². The van der Waals surface area contributed by atoms with Crippen LogP contribution < -0.4 is 14.2 Å². The van der Waals surface area contributed by atoms with E-state index in [4.69, 9.17) is 37.4 Å². The number of amides is 1. The Balaban J connectivity index is 1.93. The number of ether oxygens (including phenoxy) is 3. The summed E-state index contributed by atoms with van der Waals surface area (Å²) in [5, 5.41) is 22.0. The molecule has 3 aromatic carbocycles. The molecule has 0 aliphatic carbocycles. The van der Waals surface area contributed by atoms with Gasteiger partial charge in [-0.3, -0.25) is 9.59 Å². The van der Waals surface area contributed by atoms with Crippen molar-refractivity contribution in [2.45, 2.75) is 19.5 Å². The first-order chi connectivity index (χ1) is 18.2. The standard InChI is InChI=1S/C28H25Cl2NO7/c1-4-38-22-11-16(7-10-21(22)32)24-23(25(33)19-12-17(29)13-20(30)27(19)37-3)26(34)28(35)31(24)14-15-5-8-18(36-2)9-6-15/h5-13,24,32-33H,4,14H2,1-3H3/b25-23+. The number of phenols is 1. The van der Waals surface area contributed by atoms with E-state index in [0.717, 1.165) is 5.56 Å². The Hall–Kier alpha value is -3.88. The lowest BCUT2D eigenvalue weighted by atomic mass is 9.94. The number of Topliss-reactive ketones (excluding diaryl/α,β-unsaturated/α-hetero) is 1. The molecule has 1 fully saturated rings. The van der Waals surface area contributed by atoms with Crippen molar-refractivity contribution in [3.05, 3.63) is 86.9 Å². The molecule has 1 amide bonds. The van der Waals surface area contributed by atoms with Gasteiger partial charge in [0.15, 0.2) is 11.5 Å². The van der Waals surface area contributed by atoms with E-state index in [-0.39, 0.29) is 51.6 Å². The third kappa shape index (κ3) is 5.10. The van der Waals surface area contributed by atoms with Crippen LogP contribution in [0.1, 0.15) is 29.7 Å². The molecular weight excluding hydrogens is 533 g/mol. The predicted molar refractivity (Wildman–Crippen MR) is 143 cm³/mol. The van der Waals surface area contributed by atoms with E-state index in [1.165, 1.54) is 36.3 Å². The van der Waals surface area contributed by atoms with Gasteiger partial charge in [-0.1, -0.05) is 41.4 Å². The fraction of sp³-hybridized carbons (Fsp3) is 0.214. The number of carbonyl (C=O) groups excluding carboxylic acids is 2. The molecule has 1 atom stereocenters. The average Bonchev–Trinajstić information content (AvgIpc) is 3.14. The van der Waals surface area contributed by atoms with E-state index in [1.54, 1.807) is 44.4 Å². The molecule has 0 aromatic heterocycles. The van der Waals surface area contributed by atoms with E-state index in [2.05, 4.69) is 0 Å². The third-order valence-electron chi connectivity index (χ3n) is 6.12. The number of rotatable bonds is 8. The zero-order valence-corrected chi connectivity index (χ0v) is 22.3. The Morgan fingerprint density at radius 3 is 2.34 bits per heavy atom. The summed E-state index contributed by atoms with van der Waals surface area (Å²) in [6.45, 7) is 2.09. The maximum absolute atomic E-state index is 13.4. The number of hydrogen-bond acceptors (Lipinski definition) is 7. The second-order valence-electron chi connectivity index (χ2n) is 8.40. The van der Waals surface area contributed by atoms with Crippen LogP contribution in [0.5, 0.6) is 23.0 Å². The summed E-state index contributed by atoms with van der Waals surface area (Å²) in [6.07, 6.45) is 0. The van der Waals surface area contributed by atoms with Gasteiger partial charge in [-0.15, -0.1) is 0 Å². The molecule has 38 heavy (non-hydrogen) atoms. The van der Waals surface area contributed by atoms with E-state index in [1.807, 2.05) is 0 Å². The summed E-state index contributed by atoms with van der Waals surface area (Å²) in [7, 11) is 2.91. The molecule has 0 saturated carbocycles. The van der Waals surface area contributed by atoms with Crippen molar-refractivity contribution in [2.24, 2.45) is 0 Å². The molecule has 1 saturated heterocycles. The fourth-order valence-electron chi connectivity index (χ4n) is 4.38. The molecule has 1 heterocycles. The summed E-state index contributed by atoms with van der Waals surface area (Å²) in [4.78, 5) is 28.2. The van der Waals surface area contributed by atoms with E-state index >= 15 is 0 Å². The van der Waals surface area contributed by atoms with Crippen molar-refractivity contribution in [3.63, 3.8) is 0 Å². The number of nitrogens with zero attached hydrogens (tertiary/aromatic N) is 1. The molecule has 1 aliphatic rings. The Bertz CT molecular complexity index is 1420. The highest BCUT2D eigenvalue weighted by molar-refractivity contribution is 6.46. The number of hydrogen-bond donors (Lipinski definition) is 2. The zero-order valence-electron chi connectivity index (χ0n) is 20.8. The molecule has 0 spiro atoms. The summed E-state index contributed by atoms with van der Waals surface area (Å²) in [5.41, 5.74) is 1.03. The molecule has 1 unspecified atom stereocenters. The predicted octanol–water partition coefficient (Wildman–Crippen LogP) is 5.74. The Kier molecular flexibility index (Phi) is 8.04. The van der Waals surface area contributed by atoms with Gasteiger partial charge in [0.05, 0.1) is 43.0 Å². The lowest BCUT2D eigenvalue weighted by molar-refractivity contribution is -0.140. The first-order valence-corrected chi connectivity index (χ1v) is 12.4. The van der Waals surface area contributed by atoms with Crippen molar-refractivity contribution in [3.8, 4) is 23.0 Å². The molecule has 1 aliphatic heterocycles. The van der Waals surface area contributed by atoms with Gasteiger partial charge >= 0.3 is 0 Å². The van der Waals surface area contributed by atoms with Crippen LogP contribution in [0.3, 0.4) is 0 Å². The second kappa shape index (κ2) is 11.2. The normalized spacial score (nSPS) is 16.6. The van der Waals surface area contributed by atoms with Gasteiger partial charge in [0.1, 0.15) is 17.3 Å². The second-order valence-corrected chi connectivity index (χ2v) is 9.25. The molecule has 0 radical (unpaired) electrons. The molecule has 3 aromatic rings. The molecule has 10 heteroatoms. The number of likely N-dealkylation sites (tertiary alicyclic amines) is 1. The van der Waals surface area contributed by atoms with Crippen molar-refractivity contribution in [1.29, 1.82) is 0 Å². The first kappa shape index (κ1) is 27.2. The van der Waals surface area contributed by atoms with Crippen LogP contribution in [-0.4, -0.2) is 47.6 Å². The minimum absolute atomic E-state index is 0.0499. The minimum atomic E-state index is -1.03. The lowest BCUT2D eigenvalue weighted by Gasteiger charge is -2.26. The van der Waals surface area contributed by atoms with Gasteiger partial charge in [-0.05, 0) is 54.4 Å². The van der Waals surface area contributed by atoms with Gasteiger partial charge in [-0.25, -0.2) is 0 Å². The number of methoxy groups -OCH3 is 2. The quantitative estimate of drug-likeness (QED) is 0.207. The van der Waals surface area contributed by atoms with Gasteiger partial charge in [0.2, 0.25) is 0 Å². The number of phenolic OH excluding ortho intramolecular Hbond substituents is 1. The third-order valence-corrected chi connectivity index (χ3v) is 6.62. The number of carbonyl (C=O) groups is 2. The Morgan fingerprint density at radius 1 is 1.00 bits per heavy atom. The number of benzene rings is 3. The summed E-state index contributed by atoms with van der Waals surface area (Å²) >= 11 is 12.5. The van der Waals surface area contributed by atoms with Crippen LogP contribution in [0, 0.1) is 0 Å². The van der Waals surface area contributed by atoms with Crippen LogP contribution in [0.4, 0.5) is 0 Å². The van der Waals surface area contributed by atoms with Crippen LogP contribution in [0.15, 0.2) is 60.2 Å². The maximum Gasteiger partial charge on any atom is 0.295 e. The average molecular weight is 558 g/mol. The highest BCUT2D eigenvalue weighted by Gasteiger charge is 2.46. The number of aliphatic hydroxyl groups excluding tert-OH is 1. The van der Waals surface area contributed by atoms with Crippen molar-refractivity contribution >= 4 is 40.7 Å². The molecule has 198 valence electrons. The minimum Gasteiger partial charge on any atom is -0.507 e. The smallest absolute Gasteiger partial charge is 0.295 e. The summed E-state index contributed by atoms with van der Waals surface area (Å²) < 4.78 is 16.1. The first-order valence-electron chi connectivity index (χ1n) is 11.6. The largest absolute Gasteiger partial charge is 0.507 e. The molecule has 2 N–H and O–H groups in total. The summed E-state index contributed by atoms with van der Waals surface area (Å²) in [5.74, 6) is -1.42. The van der Waals surface area contributed by atoms with E-state index in [9.17, 15) is 19.8 Å². The molecule has 8 nitrogen and oxygen atoms in total. The van der Waals surface area contributed by atoms with Gasteiger partial charge in [0, 0.05) is 11.6 Å². The maximum atomic E-state index is 13.4. The molecule has 0 bridgehead atoms. The lowest BCUT2D eigenvalue weighted by Crippen LogP contribution is -2.29. The number of halogens is 2. The highest BCUT2D eigenvalue weighted by Crippen LogP contribution is 2.45. The Labute approximate surface area is 229 Å². The van der Waals surface area contributed by atoms with Crippen molar-refractivity contribution in [1.82, 2.24) is 4.90 Å². The van der Waals surface area contributed by atoms with Gasteiger partial charge in [-0.2, -0.15) is 0 Å². The number of aliphatic hydroxyl groups is 1. The monoisotopic (exact) mass is 557 g/mol. The number of ketones is 1. The van der Waals surface area contributed by atoms with E-state index in [0.29, 0.717) is 11.3 Å². The highest BCUT2D eigenvalue weighted by atomic mass is 35.5. The SMILES string of the molecule is CCOc1cc(C2/C(=C(\O)c3cc(Cl)cc(Cl)c3OC)C(=O)C(=O)N2Cc2ccc(OC)cc2)ccc1O. The topological polar surface area (TPSA) is 106 Å². The van der Waals surface area contributed by atoms with Crippen LogP contribution >= 0.6 is 23.2 Å². The fourth-order valence-corrected chi connectivity index (χ4v) is 4.95. The van der Waals surface area contributed by atoms with Crippen LogP contribution in [0.25, 0.3) is 5.76 Å². The Morgan fingerprint density at radius 2 is 1.71 bits per heavy atom.